The third-order valence-electron chi connectivity index (χ3n) is 2.89. The van der Waals surface area contributed by atoms with Gasteiger partial charge in [-0.2, -0.15) is 0 Å². The maximum absolute atomic E-state index is 11.7. The fraction of sp³-hybridized carbons (Fsp3) is 0.125. The minimum atomic E-state index is -0.752. The lowest BCUT2D eigenvalue weighted by atomic mass is 10.2. The molecule has 2 aromatic rings. The van der Waals surface area contributed by atoms with Gasteiger partial charge in [0.05, 0.1) is 7.11 Å². The summed E-state index contributed by atoms with van der Waals surface area (Å²) in [6, 6.07) is 16.1. The lowest BCUT2D eigenvalue weighted by Crippen LogP contribution is -2.43. The minimum absolute atomic E-state index is 0.397. The maximum atomic E-state index is 11.7. The van der Waals surface area contributed by atoms with Gasteiger partial charge >= 0.3 is 11.8 Å². The van der Waals surface area contributed by atoms with Crippen molar-refractivity contribution >= 4 is 17.5 Å². The summed E-state index contributed by atoms with van der Waals surface area (Å²) in [4.78, 5) is 23.3. The lowest BCUT2D eigenvalue weighted by molar-refractivity contribution is -0.136. The summed E-state index contributed by atoms with van der Waals surface area (Å²) < 4.78 is 5.06. The summed E-state index contributed by atoms with van der Waals surface area (Å²) in [6.07, 6.45) is 0. The fourth-order valence-corrected chi connectivity index (χ4v) is 1.74. The molecule has 0 aliphatic rings. The predicted octanol–water partition coefficient (Wildman–Crippen LogP) is 1.45. The molecule has 0 saturated carbocycles. The molecule has 0 unspecified atom stereocenters. The molecule has 0 heterocycles. The highest BCUT2D eigenvalue weighted by molar-refractivity contribution is 6.39. The molecule has 6 heteroatoms. The Labute approximate surface area is 128 Å². The van der Waals surface area contributed by atoms with Crippen LogP contribution in [0.4, 0.5) is 5.69 Å². The van der Waals surface area contributed by atoms with Crippen LogP contribution in [0.25, 0.3) is 0 Å². The quantitative estimate of drug-likeness (QED) is 0.577. The summed E-state index contributed by atoms with van der Waals surface area (Å²) in [5.41, 5.74) is 6.57. The first kappa shape index (κ1) is 15.5. The van der Waals surface area contributed by atoms with Crippen LogP contribution < -0.4 is 20.9 Å². The molecule has 2 amide bonds. The first-order chi connectivity index (χ1) is 10.7. The Bertz CT molecular complexity index is 627. The van der Waals surface area contributed by atoms with Crippen molar-refractivity contribution in [2.24, 2.45) is 0 Å². The molecule has 0 saturated heterocycles. The van der Waals surface area contributed by atoms with Gasteiger partial charge in [0.25, 0.3) is 0 Å². The normalized spacial score (nSPS) is 9.86. The van der Waals surface area contributed by atoms with E-state index in [1.807, 2.05) is 30.3 Å². The Morgan fingerprint density at radius 2 is 1.64 bits per heavy atom. The summed E-state index contributed by atoms with van der Waals surface area (Å²) in [5.74, 6) is -0.721. The predicted molar refractivity (Wildman–Crippen MR) is 83.0 cm³/mol. The highest BCUT2D eigenvalue weighted by Crippen LogP contribution is 2.10. The molecule has 0 fully saturated rings. The zero-order valence-corrected chi connectivity index (χ0v) is 12.1. The molecule has 114 valence electrons. The number of nitrogens with one attached hydrogen (secondary N) is 3. The standard InChI is InChI=1S/C16H17N3O3/c1-22-14-9-7-12(8-10-14)11-17-19-16(21)15(20)18-13-5-3-2-4-6-13/h2-10,17H,11H2,1H3,(H,18,20)(H,19,21). The molecular formula is C16H17N3O3. The molecule has 3 N–H and O–H groups in total. The van der Waals surface area contributed by atoms with Crippen LogP contribution in [-0.4, -0.2) is 18.9 Å². The monoisotopic (exact) mass is 299 g/mol. The van der Waals surface area contributed by atoms with Gasteiger partial charge in [0.15, 0.2) is 0 Å². The van der Waals surface area contributed by atoms with Gasteiger partial charge in [-0.1, -0.05) is 30.3 Å². The van der Waals surface area contributed by atoms with Gasteiger partial charge in [-0.3, -0.25) is 15.0 Å². The lowest BCUT2D eigenvalue weighted by Gasteiger charge is -2.08. The largest absolute Gasteiger partial charge is 0.497 e. The molecule has 2 rings (SSSR count). The van der Waals surface area contributed by atoms with Crippen LogP contribution in [0.15, 0.2) is 54.6 Å². The third-order valence-corrected chi connectivity index (χ3v) is 2.89. The molecule has 2 aromatic carbocycles. The number of hydrogen-bond donors (Lipinski definition) is 3. The van der Waals surface area contributed by atoms with Crippen LogP contribution in [0.3, 0.4) is 0 Å². The SMILES string of the molecule is COc1ccc(CNNC(=O)C(=O)Nc2ccccc2)cc1. The van der Waals surface area contributed by atoms with Crippen molar-refractivity contribution in [3.63, 3.8) is 0 Å². The summed E-state index contributed by atoms with van der Waals surface area (Å²) in [7, 11) is 1.60. The second-order valence-corrected chi connectivity index (χ2v) is 4.48. The topological polar surface area (TPSA) is 79.5 Å². The minimum Gasteiger partial charge on any atom is -0.497 e. The van der Waals surface area contributed by atoms with E-state index in [-0.39, 0.29) is 0 Å². The average Bonchev–Trinajstić information content (AvgIpc) is 2.56. The van der Waals surface area contributed by atoms with Crippen LogP contribution >= 0.6 is 0 Å². The van der Waals surface area contributed by atoms with E-state index < -0.39 is 11.8 Å². The van der Waals surface area contributed by atoms with Crippen LogP contribution in [-0.2, 0) is 16.1 Å². The van der Waals surface area contributed by atoms with E-state index in [1.54, 1.807) is 31.4 Å². The Balaban J connectivity index is 1.76. The molecule has 0 spiro atoms. The Kier molecular flexibility index (Phi) is 5.50. The number of carbonyl (C=O) groups is 2. The number of anilines is 1. The first-order valence-corrected chi connectivity index (χ1v) is 6.71. The van der Waals surface area contributed by atoms with E-state index in [2.05, 4.69) is 16.2 Å². The van der Waals surface area contributed by atoms with Crippen LogP contribution in [0.5, 0.6) is 5.75 Å². The number of amides is 2. The molecule has 0 atom stereocenters. The second-order valence-electron chi connectivity index (χ2n) is 4.48. The molecule has 0 aliphatic heterocycles. The zero-order valence-electron chi connectivity index (χ0n) is 12.1. The van der Waals surface area contributed by atoms with Crippen LogP contribution in [0.2, 0.25) is 0 Å². The number of hydrazine groups is 1. The number of methoxy groups -OCH3 is 1. The molecule has 0 aromatic heterocycles. The van der Waals surface area contributed by atoms with Crippen LogP contribution in [0, 0.1) is 0 Å². The van der Waals surface area contributed by atoms with Crippen molar-refractivity contribution in [1.82, 2.24) is 10.9 Å². The number of hydrogen-bond acceptors (Lipinski definition) is 4. The Morgan fingerprint density at radius 3 is 2.27 bits per heavy atom. The van der Waals surface area contributed by atoms with Gasteiger partial charge in [0.2, 0.25) is 0 Å². The second kappa shape index (κ2) is 7.80. The number of carbonyl (C=O) groups excluding carboxylic acids is 2. The van der Waals surface area contributed by atoms with E-state index >= 15 is 0 Å². The van der Waals surface area contributed by atoms with Gasteiger partial charge in [0.1, 0.15) is 5.75 Å². The highest BCUT2D eigenvalue weighted by atomic mass is 16.5. The number of benzene rings is 2. The third kappa shape index (κ3) is 4.60. The van der Waals surface area contributed by atoms with Gasteiger partial charge in [-0.25, -0.2) is 5.43 Å². The van der Waals surface area contributed by atoms with E-state index in [9.17, 15) is 9.59 Å². The maximum Gasteiger partial charge on any atom is 0.323 e. The van der Waals surface area contributed by atoms with Crippen molar-refractivity contribution < 1.29 is 14.3 Å². The molecule has 6 nitrogen and oxygen atoms in total. The average molecular weight is 299 g/mol. The Hall–Kier alpha value is -2.86. The van der Waals surface area contributed by atoms with Crippen molar-refractivity contribution in [2.45, 2.75) is 6.54 Å². The number of rotatable bonds is 5. The summed E-state index contributed by atoms with van der Waals surface area (Å²) >= 11 is 0. The fourth-order valence-electron chi connectivity index (χ4n) is 1.74. The first-order valence-electron chi connectivity index (χ1n) is 6.71. The van der Waals surface area contributed by atoms with Gasteiger partial charge < -0.3 is 10.1 Å². The molecular weight excluding hydrogens is 282 g/mol. The van der Waals surface area contributed by atoms with Gasteiger partial charge in [0, 0.05) is 12.2 Å². The van der Waals surface area contributed by atoms with E-state index in [0.29, 0.717) is 12.2 Å². The number of ether oxygens (including phenoxy) is 1. The molecule has 22 heavy (non-hydrogen) atoms. The molecule has 0 aliphatic carbocycles. The molecule has 0 radical (unpaired) electrons. The van der Waals surface area contributed by atoms with Crippen molar-refractivity contribution in [1.29, 1.82) is 0 Å². The van der Waals surface area contributed by atoms with Crippen molar-refractivity contribution in [2.75, 3.05) is 12.4 Å². The summed E-state index contributed by atoms with van der Waals surface area (Å²) in [6.45, 7) is 0.397. The Morgan fingerprint density at radius 1 is 0.955 bits per heavy atom. The van der Waals surface area contributed by atoms with Crippen molar-refractivity contribution in [3.05, 3.63) is 60.2 Å². The van der Waals surface area contributed by atoms with Crippen LogP contribution in [0.1, 0.15) is 5.56 Å². The van der Waals surface area contributed by atoms with E-state index in [1.165, 1.54) is 0 Å². The van der Waals surface area contributed by atoms with Gasteiger partial charge in [-0.15, -0.1) is 0 Å². The van der Waals surface area contributed by atoms with Crippen molar-refractivity contribution in [3.8, 4) is 5.75 Å². The van der Waals surface area contributed by atoms with Gasteiger partial charge in [-0.05, 0) is 29.8 Å². The zero-order chi connectivity index (χ0) is 15.8. The smallest absolute Gasteiger partial charge is 0.323 e. The van der Waals surface area contributed by atoms with E-state index in [4.69, 9.17) is 4.74 Å². The summed E-state index contributed by atoms with van der Waals surface area (Å²) in [5, 5.41) is 2.50. The number of para-hydroxylation sites is 1. The highest BCUT2D eigenvalue weighted by Gasteiger charge is 2.12. The van der Waals surface area contributed by atoms with E-state index in [0.717, 1.165) is 11.3 Å². The molecule has 0 bridgehead atoms.